The van der Waals surface area contributed by atoms with Crippen molar-refractivity contribution in [3.8, 4) is 11.1 Å². The highest BCUT2D eigenvalue weighted by atomic mass is 16.5. The lowest BCUT2D eigenvalue weighted by Gasteiger charge is -2.28. The van der Waals surface area contributed by atoms with Crippen molar-refractivity contribution in [1.82, 2.24) is 4.90 Å². The number of fused-ring (bicyclic) bond motifs is 1. The summed E-state index contributed by atoms with van der Waals surface area (Å²) < 4.78 is 4.95. The number of hydrogen-bond acceptors (Lipinski definition) is 4. The van der Waals surface area contributed by atoms with E-state index in [0.717, 1.165) is 16.7 Å². The fourth-order valence-corrected chi connectivity index (χ4v) is 4.68. The van der Waals surface area contributed by atoms with Gasteiger partial charge in [-0.25, -0.2) is 4.79 Å². The highest BCUT2D eigenvalue weighted by molar-refractivity contribution is 6.04. The summed E-state index contributed by atoms with van der Waals surface area (Å²) in [4.78, 5) is 39.8. The SMILES string of the molecule is COC(=O)[C@H](C(C)C)N1Cc2ccc(-c3ccc(NC(=O)c4ccc(C(C)(C)C)cc4)cc3)cc2C1=O. The lowest BCUT2D eigenvalue weighted by Crippen LogP contribution is -2.45. The van der Waals surface area contributed by atoms with Crippen molar-refractivity contribution in [1.29, 1.82) is 0 Å². The Labute approximate surface area is 218 Å². The predicted molar refractivity (Wildman–Crippen MR) is 145 cm³/mol. The average molecular weight is 499 g/mol. The Kier molecular flexibility index (Phi) is 7.21. The zero-order valence-electron chi connectivity index (χ0n) is 22.3. The third-order valence-electron chi connectivity index (χ3n) is 6.84. The van der Waals surface area contributed by atoms with Crippen molar-refractivity contribution in [3.63, 3.8) is 0 Å². The molecule has 0 bridgehead atoms. The summed E-state index contributed by atoms with van der Waals surface area (Å²) >= 11 is 0. The standard InChI is InChI=1S/C31H34N2O4/c1-19(2)27(30(36)37-6)33-18-23-8-7-22(17-26(23)29(33)35)20-11-15-25(16-12-20)32-28(34)21-9-13-24(14-10-21)31(3,4)5/h7-17,19,27H,18H2,1-6H3,(H,32,34)/t27-/m0/s1. The molecule has 0 saturated heterocycles. The van der Waals surface area contributed by atoms with Crippen molar-refractivity contribution in [2.75, 3.05) is 12.4 Å². The molecule has 1 N–H and O–H groups in total. The monoisotopic (exact) mass is 498 g/mol. The summed E-state index contributed by atoms with van der Waals surface area (Å²) in [5.41, 5.74) is 5.81. The highest BCUT2D eigenvalue weighted by Crippen LogP contribution is 2.32. The van der Waals surface area contributed by atoms with Crippen molar-refractivity contribution in [2.24, 2.45) is 5.92 Å². The second-order valence-electron chi connectivity index (χ2n) is 10.9. The first-order valence-corrected chi connectivity index (χ1v) is 12.5. The van der Waals surface area contributed by atoms with Gasteiger partial charge in [-0.15, -0.1) is 0 Å². The van der Waals surface area contributed by atoms with E-state index in [-0.39, 0.29) is 23.1 Å². The molecule has 0 radical (unpaired) electrons. The first-order valence-electron chi connectivity index (χ1n) is 12.5. The molecule has 1 aliphatic heterocycles. The lowest BCUT2D eigenvalue weighted by atomic mass is 9.87. The summed E-state index contributed by atoms with van der Waals surface area (Å²) in [6.45, 7) is 10.6. The third-order valence-corrected chi connectivity index (χ3v) is 6.84. The van der Waals surface area contributed by atoms with E-state index in [9.17, 15) is 14.4 Å². The highest BCUT2D eigenvalue weighted by Gasteiger charge is 2.38. The van der Waals surface area contributed by atoms with Gasteiger partial charge in [0, 0.05) is 23.4 Å². The molecule has 0 aromatic heterocycles. The van der Waals surface area contributed by atoms with Crippen molar-refractivity contribution in [3.05, 3.63) is 89.0 Å². The molecule has 0 unspecified atom stereocenters. The van der Waals surface area contributed by atoms with Crippen LogP contribution in [0.5, 0.6) is 0 Å². The molecule has 0 spiro atoms. The van der Waals surface area contributed by atoms with Crippen LogP contribution in [0.25, 0.3) is 11.1 Å². The predicted octanol–water partition coefficient (Wildman–Crippen LogP) is 6.06. The Morgan fingerprint density at radius 2 is 1.54 bits per heavy atom. The molecule has 1 atom stereocenters. The summed E-state index contributed by atoms with van der Waals surface area (Å²) in [5, 5.41) is 2.95. The van der Waals surface area contributed by atoms with E-state index in [1.165, 1.54) is 12.7 Å². The molecule has 4 rings (SSSR count). The number of nitrogens with zero attached hydrogens (tertiary/aromatic N) is 1. The quantitative estimate of drug-likeness (QED) is 0.420. The Morgan fingerprint density at radius 1 is 0.919 bits per heavy atom. The largest absolute Gasteiger partial charge is 0.467 e. The number of rotatable bonds is 6. The van der Waals surface area contributed by atoms with E-state index in [4.69, 9.17) is 4.74 Å². The Morgan fingerprint density at radius 3 is 2.11 bits per heavy atom. The van der Waals surface area contributed by atoms with Crippen LogP contribution in [0.3, 0.4) is 0 Å². The van der Waals surface area contributed by atoms with Gasteiger partial charge >= 0.3 is 5.97 Å². The minimum atomic E-state index is -0.624. The third kappa shape index (κ3) is 5.43. The number of nitrogens with one attached hydrogen (secondary N) is 1. The molecule has 0 fully saturated rings. The number of esters is 1. The Bertz CT molecular complexity index is 1320. The maximum atomic E-state index is 13.2. The van der Waals surface area contributed by atoms with E-state index in [1.54, 1.807) is 4.90 Å². The van der Waals surface area contributed by atoms with Crippen molar-refractivity contribution >= 4 is 23.5 Å². The van der Waals surface area contributed by atoms with Crippen LogP contribution in [-0.4, -0.2) is 35.8 Å². The molecule has 0 saturated carbocycles. The summed E-state index contributed by atoms with van der Waals surface area (Å²) in [6, 6.07) is 20.4. The molecular formula is C31H34N2O4. The molecule has 6 nitrogen and oxygen atoms in total. The molecule has 0 aliphatic carbocycles. The van der Waals surface area contributed by atoms with Gasteiger partial charge in [0.15, 0.2) is 0 Å². The number of hydrogen-bond donors (Lipinski definition) is 1. The van der Waals surface area contributed by atoms with E-state index in [0.29, 0.717) is 23.4 Å². The van der Waals surface area contributed by atoms with Crippen LogP contribution in [0.2, 0.25) is 0 Å². The molecule has 1 heterocycles. The fourth-order valence-electron chi connectivity index (χ4n) is 4.68. The zero-order valence-corrected chi connectivity index (χ0v) is 22.3. The smallest absolute Gasteiger partial charge is 0.328 e. The first-order chi connectivity index (χ1) is 17.5. The lowest BCUT2D eigenvalue weighted by molar-refractivity contribution is -0.147. The van der Waals surface area contributed by atoms with Crippen molar-refractivity contribution in [2.45, 2.75) is 52.6 Å². The van der Waals surface area contributed by atoms with Crippen LogP contribution in [0.4, 0.5) is 5.69 Å². The van der Waals surface area contributed by atoms with E-state index < -0.39 is 12.0 Å². The molecule has 1 aliphatic rings. The van der Waals surface area contributed by atoms with Gasteiger partial charge in [0.05, 0.1) is 7.11 Å². The van der Waals surface area contributed by atoms with Crippen molar-refractivity contribution < 1.29 is 19.1 Å². The normalized spacial score (nSPS) is 13.9. The number of anilines is 1. The van der Waals surface area contributed by atoms with Gasteiger partial charge in [0.1, 0.15) is 6.04 Å². The average Bonchev–Trinajstić information content (AvgIpc) is 3.19. The summed E-state index contributed by atoms with van der Waals surface area (Å²) in [6.07, 6.45) is 0. The summed E-state index contributed by atoms with van der Waals surface area (Å²) in [5.74, 6) is -0.799. The molecule has 2 amide bonds. The Hall–Kier alpha value is -3.93. The topological polar surface area (TPSA) is 75.7 Å². The maximum absolute atomic E-state index is 13.2. The number of carbonyl (C=O) groups is 3. The molecule has 3 aromatic rings. The zero-order chi connectivity index (χ0) is 26.9. The minimum absolute atomic E-state index is 0.0305. The van der Waals surface area contributed by atoms with E-state index in [2.05, 4.69) is 26.1 Å². The van der Waals surface area contributed by atoms with E-state index in [1.807, 2.05) is 80.6 Å². The van der Waals surface area contributed by atoms with Crippen LogP contribution in [0, 0.1) is 5.92 Å². The van der Waals surface area contributed by atoms with Gasteiger partial charge in [-0.3, -0.25) is 9.59 Å². The van der Waals surface area contributed by atoms with Gasteiger partial charge in [0.2, 0.25) is 0 Å². The molecule has 3 aromatic carbocycles. The van der Waals surface area contributed by atoms with Crippen LogP contribution in [0.15, 0.2) is 66.7 Å². The van der Waals surface area contributed by atoms with Crippen LogP contribution >= 0.6 is 0 Å². The van der Waals surface area contributed by atoms with Gasteiger partial charge < -0.3 is 15.0 Å². The molecular weight excluding hydrogens is 464 g/mol. The number of benzene rings is 3. The fraction of sp³-hybridized carbons (Fsp3) is 0.323. The number of carbonyl (C=O) groups excluding carboxylic acids is 3. The maximum Gasteiger partial charge on any atom is 0.328 e. The van der Waals surface area contributed by atoms with E-state index >= 15 is 0 Å². The minimum Gasteiger partial charge on any atom is -0.467 e. The number of amides is 2. The van der Waals surface area contributed by atoms with Crippen LogP contribution in [-0.2, 0) is 21.5 Å². The molecule has 6 heteroatoms. The van der Waals surface area contributed by atoms with Gasteiger partial charge in [-0.05, 0) is 63.9 Å². The van der Waals surface area contributed by atoms with Crippen LogP contribution < -0.4 is 5.32 Å². The second-order valence-corrected chi connectivity index (χ2v) is 10.9. The molecule has 192 valence electrons. The summed E-state index contributed by atoms with van der Waals surface area (Å²) in [7, 11) is 1.35. The van der Waals surface area contributed by atoms with Gasteiger partial charge in [-0.2, -0.15) is 0 Å². The number of methoxy groups -OCH3 is 1. The van der Waals surface area contributed by atoms with Gasteiger partial charge in [-0.1, -0.05) is 71.0 Å². The molecule has 37 heavy (non-hydrogen) atoms. The second kappa shape index (κ2) is 10.2. The Balaban J connectivity index is 1.48. The van der Waals surface area contributed by atoms with Crippen LogP contribution in [0.1, 0.15) is 66.5 Å². The van der Waals surface area contributed by atoms with Gasteiger partial charge in [0.25, 0.3) is 11.8 Å². The first kappa shape index (κ1) is 26.1. The number of ether oxygens (including phenoxy) is 1.